The molecule has 0 aliphatic rings. The molecule has 3 heteroatoms. The highest BCUT2D eigenvalue weighted by Crippen LogP contribution is 1.76. The van der Waals surface area contributed by atoms with Crippen LogP contribution >= 0.6 is 0 Å². The van der Waals surface area contributed by atoms with Crippen LogP contribution in [-0.2, 0) is 4.46 Å². The lowest BCUT2D eigenvalue weighted by molar-refractivity contribution is 0.574. The number of hydrogen-bond donors (Lipinski definition) is 1. The lowest BCUT2D eigenvalue weighted by Crippen LogP contribution is -1.97. The van der Waals surface area contributed by atoms with Crippen molar-refractivity contribution in [1.29, 1.82) is 0 Å². The second-order valence-electron chi connectivity index (χ2n) is 1.10. The molecule has 0 aliphatic carbocycles. The predicted octanol–water partition coefficient (Wildman–Crippen LogP) is -0.464. The van der Waals surface area contributed by atoms with Gasteiger partial charge in [-0.2, -0.15) is 0 Å². The molecular weight excluding hydrogens is 94.1 g/mol. The Morgan fingerprint density at radius 1 is 1.67 bits per heavy atom. The first-order valence-corrected chi connectivity index (χ1v) is 3.34. The van der Waals surface area contributed by atoms with E-state index in [9.17, 15) is 4.46 Å². The van der Waals surface area contributed by atoms with Gasteiger partial charge in [0.1, 0.15) is 0 Å². The van der Waals surface area contributed by atoms with E-state index in [1.807, 2.05) is 0 Å². The Labute approximate surface area is 39.6 Å². The lowest BCUT2D eigenvalue weighted by Gasteiger charge is -1.79. The molecule has 2 nitrogen and oxygen atoms in total. The Morgan fingerprint density at radius 2 is 2.33 bits per heavy atom. The molecular formula is C3H9NOSi. The second-order valence-corrected chi connectivity index (χ2v) is 2.01. The monoisotopic (exact) mass is 103 g/mol. The Bertz CT molecular complexity index is 39.8. The largest absolute Gasteiger partial charge is 0.392 e. The summed E-state index contributed by atoms with van der Waals surface area (Å²) in [5.41, 5.74) is 5.09. The highest BCUT2D eigenvalue weighted by Gasteiger charge is 1.76. The second kappa shape index (κ2) is 4.98. The summed E-state index contributed by atoms with van der Waals surface area (Å²) in [5.74, 6) is 0. The fraction of sp³-hybridized carbons (Fsp3) is 1.00. The minimum Gasteiger partial charge on any atom is -0.392 e. The van der Waals surface area contributed by atoms with Gasteiger partial charge in [-0.25, -0.2) is 0 Å². The van der Waals surface area contributed by atoms with Crippen molar-refractivity contribution < 1.29 is 4.46 Å². The zero-order chi connectivity index (χ0) is 4.83. The van der Waals surface area contributed by atoms with Crippen LogP contribution in [0, 0.1) is 0 Å². The average Bonchev–Trinajstić information content (AvgIpc) is 1.61. The third-order valence-electron chi connectivity index (χ3n) is 0.526. The summed E-state index contributed by atoms with van der Waals surface area (Å²) in [6.07, 6.45) is 0.916. The van der Waals surface area contributed by atoms with Crippen molar-refractivity contribution in [3.8, 4) is 0 Å². The van der Waals surface area contributed by atoms with Crippen LogP contribution in [0.5, 0.6) is 0 Å². The zero-order valence-electron chi connectivity index (χ0n) is 3.68. The molecule has 6 heavy (non-hydrogen) atoms. The first-order valence-electron chi connectivity index (χ1n) is 2.05. The summed E-state index contributed by atoms with van der Waals surface area (Å²) in [6.45, 7) is 0.676. The summed E-state index contributed by atoms with van der Waals surface area (Å²) >= 11 is 0. The molecule has 0 bridgehead atoms. The minimum absolute atomic E-state index is 0.546. The van der Waals surface area contributed by atoms with E-state index in [1.54, 1.807) is 0 Å². The van der Waals surface area contributed by atoms with E-state index in [4.69, 9.17) is 5.73 Å². The smallest absolute Gasteiger partial charge is 0.261 e. The van der Waals surface area contributed by atoms with Gasteiger partial charge in [-0.15, -0.1) is 0 Å². The minimum atomic E-state index is -0.546. The first-order chi connectivity index (χ1) is 2.91. The molecule has 0 spiro atoms. The van der Waals surface area contributed by atoms with Crippen molar-refractivity contribution >= 4 is 9.41 Å². The van der Waals surface area contributed by atoms with Crippen molar-refractivity contribution in [3.05, 3.63) is 0 Å². The van der Waals surface area contributed by atoms with Crippen LogP contribution in [0.15, 0.2) is 0 Å². The van der Waals surface area contributed by atoms with Gasteiger partial charge in [-0.05, 0) is 19.0 Å². The molecule has 0 unspecified atom stereocenters. The van der Waals surface area contributed by atoms with Crippen molar-refractivity contribution in [2.45, 2.75) is 12.5 Å². The summed E-state index contributed by atoms with van der Waals surface area (Å²) < 4.78 is 9.72. The maximum absolute atomic E-state index is 9.72. The van der Waals surface area contributed by atoms with Crippen LogP contribution in [0.25, 0.3) is 0 Å². The zero-order valence-corrected chi connectivity index (χ0v) is 4.84. The Kier molecular flexibility index (Phi) is 4.96. The molecule has 0 amide bonds. The fourth-order valence-electron chi connectivity index (χ4n) is 0.201. The van der Waals surface area contributed by atoms with E-state index >= 15 is 0 Å². The molecule has 0 fully saturated rings. The molecule has 0 aromatic rings. The Balaban J connectivity index is 2.49. The summed E-state index contributed by atoms with van der Waals surface area (Å²) in [6, 6.07) is 0.816. The van der Waals surface area contributed by atoms with Crippen molar-refractivity contribution in [3.63, 3.8) is 0 Å². The summed E-state index contributed by atoms with van der Waals surface area (Å²) in [7, 11) is -0.546. The number of rotatable bonds is 3. The van der Waals surface area contributed by atoms with Crippen LogP contribution in [0.2, 0.25) is 6.04 Å². The van der Waals surface area contributed by atoms with Crippen LogP contribution in [-0.4, -0.2) is 16.0 Å². The van der Waals surface area contributed by atoms with E-state index in [0.29, 0.717) is 6.54 Å². The SMILES string of the molecule is NCCC[SiH]=O. The molecule has 0 aromatic carbocycles. The van der Waals surface area contributed by atoms with Gasteiger partial charge in [0.2, 0.25) is 0 Å². The molecule has 0 radical (unpaired) electrons. The molecule has 0 atom stereocenters. The Hall–Kier alpha value is -0.0231. The van der Waals surface area contributed by atoms with E-state index < -0.39 is 9.41 Å². The van der Waals surface area contributed by atoms with Crippen molar-refractivity contribution in [1.82, 2.24) is 0 Å². The van der Waals surface area contributed by atoms with Crippen molar-refractivity contribution in [2.24, 2.45) is 5.73 Å². The average molecular weight is 103 g/mol. The topological polar surface area (TPSA) is 43.1 Å². The maximum Gasteiger partial charge on any atom is 0.261 e. The highest BCUT2D eigenvalue weighted by atomic mass is 28.2. The van der Waals surface area contributed by atoms with Crippen LogP contribution in [0.4, 0.5) is 0 Å². The van der Waals surface area contributed by atoms with E-state index in [-0.39, 0.29) is 0 Å². The van der Waals surface area contributed by atoms with E-state index in [1.165, 1.54) is 0 Å². The van der Waals surface area contributed by atoms with Crippen LogP contribution < -0.4 is 5.73 Å². The summed E-state index contributed by atoms with van der Waals surface area (Å²) in [4.78, 5) is 0. The van der Waals surface area contributed by atoms with Crippen molar-refractivity contribution in [2.75, 3.05) is 6.54 Å². The molecule has 0 aromatic heterocycles. The van der Waals surface area contributed by atoms with Gasteiger partial charge >= 0.3 is 0 Å². The molecule has 0 rings (SSSR count). The van der Waals surface area contributed by atoms with E-state index in [2.05, 4.69) is 0 Å². The fourth-order valence-corrected chi connectivity index (χ4v) is 0.604. The maximum atomic E-state index is 9.72. The van der Waals surface area contributed by atoms with Crippen LogP contribution in [0.1, 0.15) is 6.42 Å². The number of hydrogen-bond acceptors (Lipinski definition) is 2. The van der Waals surface area contributed by atoms with Gasteiger partial charge < -0.3 is 10.2 Å². The predicted molar refractivity (Wildman–Crippen MR) is 26.3 cm³/mol. The molecule has 0 heterocycles. The number of nitrogens with two attached hydrogens (primary N) is 1. The van der Waals surface area contributed by atoms with Gasteiger partial charge in [-0.1, -0.05) is 0 Å². The molecule has 36 valence electrons. The third kappa shape index (κ3) is 3.98. The van der Waals surface area contributed by atoms with Gasteiger partial charge in [-0.3, -0.25) is 0 Å². The molecule has 0 aliphatic heterocycles. The van der Waals surface area contributed by atoms with Crippen LogP contribution in [0.3, 0.4) is 0 Å². The normalized spacial score (nSPS) is 8.17. The van der Waals surface area contributed by atoms with Gasteiger partial charge in [0.15, 0.2) is 0 Å². The third-order valence-corrected chi connectivity index (χ3v) is 1.17. The first kappa shape index (κ1) is 5.98. The quantitative estimate of drug-likeness (QED) is 0.388. The van der Waals surface area contributed by atoms with E-state index in [0.717, 1.165) is 12.5 Å². The van der Waals surface area contributed by atoms with Gasteiger partial charge in [0, 0.05) is 0 Å². The summed E-state index contributed by atoms with van der Waals surface area (Å²) in [5, 5.41) is 0. The highest BCUT2D eigenvalue weighted by molar-refractivity contribution is 6.16. The standard InChI is InChI=1S/C3H9NOSi/c4-2-1-3-6-5/h6H,1-4H2. The van der Waals surface area contributed by atoms with Gasteiger partial charge in [0.25, 0.3) is 9.41 Å². The molecule has 0 saturated heterocycles. The Morgan fingerprint density at radius 3 is 2.50 bits per heavy atom. The molecule has 2 N–H and O–H groups in total. The lowest BCUT2D eigenvalue weighted by atomic mass is 10.5. The van der Waals surface area contributed by atoms with Gasteiger partial charge in [0.05, 0.1) is 0 Å². The molecule has 0 saturated carbocycles.